The SMILES string of the molecule is Cc1ccc([N+](=O)[O-])cc1N1C(=O)[C@H]2[C@@H](C1=O)[C@@]1(C(=O)Nc3c1ccc(C)c3C)N1CCC[C@@H]21. The van der Waals surface area contributed by atoms with Crippen molar-refractivity contribution in [1.82, 2.24) is 4.90 Å². The van der Waals surface area contributed by atoms with E-state index < -0.39 is 28.2 Å². The van der Waals surface area contributed by atoms with Crippen LogP contribution in [0.5, 0.6) is 0 Å². The average Bonchev–Trinajstić information content (AvgIpc) is 3.50. The van der Waals surface area contributed by atoms with Crippen molar-refractivity contribution in [3.8, 4) is 0 Å². The lowest BCUT2D eigenvalue weighted by molar-refractivity contribution is -0.384. The molecule has 4 heterocycles. The van der Waals surface area contributed by atoms with Gasteiger partial charge < -0.3 is 5.32 Å². The molecule has 2 aromatic carbocycles. The molecule has 1 N–H and O–H groups in total. The van der Waals surface area contributed by atoms with Crippen LogP contribution < -0.4 is 10.2 Å². The fraction of sp³-hybridized carbons (Fsp3) is 0.400. The van der Waals surface area contributed by atoms with E-state index in [9.17, 15) is 24.5 Å². The van der Waals surface area contributed by atoms with E-state index in [0.717, 1.165) is 40.1 Å². The number of anilines is 2. The third-order valence-corrected chi connectivity index (χ3v) is 8.34. The van der Waals surface area contributed by atoms with Gasteiger partial charge in [-0.2, -0.15) is 0 Å². The lowest BCUT2D eigenvalue weighted by Gasteiger charge is -2.36. The molecule has 0 bridgehead atoms. The average molecular weight is 460 g/mol. The number of fused-ring (bicyclic) bond motifs is 7. The molecular formula is C25H24N4O5. The molecule has 3 saturated heterocycles. The van der Waals surface area contributed by atoms with E-state index in [1.165, 1.54) is 12.1 Å². The standard InChI is InChI=1S/C25H24N4O5/c1-12-7-9-16-21(14(12)3)26-24(32)25(16)20-19(17-5-4-10-27(17)25)22(30)28(23(20)31)18-11-15(29(33)34)8-6-13(18)2/h6-9,11,17,19-20H,4-5,10H2,1-3H3,(H,26,32)/t17-,19+,20-,25-/m0/s1. The number of amides is 3. The number of rotatable bonds is 2. The summed E-state index contributed by atoms with van der Waals surface area (Å²) in [4.78, 5) is 55.7. The Kier molecular flexibility index (Phi) is 4.15. The number of carbonyl (C=O) groups excluding carboxylic acids is 3. The van der Waals surface area contributed by atoms with Crippen molar-refractivity contribution < 1.29 is 19.3 Å². The Morgan fingerprint density at radius 3 is 2.53 bits per heavy atom. The van der Waals surface area contributed by atoms with Crippen LogP contribution in [0.3, 0.4) is 0 Å². The number of imide groups is 1. The number of nitro benzene ring substituents is 1. The zero-order valence-corrected chi connectivity index (χ0v) is 19.1. The Balaban J connectivity index is 1.56. The molecule has 0 aliphatic carbocycles. The van der Waals surface area contributed by atoms with Crippen LogP contribution in [0.25, 0.3) is 0 Å². The van der Waals surface area contributed by atoms with Crippen molar-refractivity contribution in [3.63, 3.8) is 0 Å². The number of hydrogen-bond donors (Lipinski definition) is 1. The summed E-state index contributed by atoms with van der Waals surface area (Å²) in [6, 6.07) is 7.82. The maximum absolute atomic E-state index is 14.1. The van der Waals surface area contributed by atoms with Gasteiger partial charge in [-0.1, -0.05) is 18.2 Å². The summed E-state index contributed by atoms with van der Waals surface area (Å²) >= 11 is 0. The topological polar surface area (TPSA) is 113 Å². The monoisotopic (exact) mass is 460 g/mol. The molecule has 6 rings (SSSR count). The zero-order chi connectivity index (χ0) is 24.1. The third-order valence-electron chi connectivity index (χ3n) is 8.34. The van der Waals surface area contributed by atoms with Crippen molar-refractivity contribution in [3.05, 3.63) is 62.7 Å². The summed E-state index contributed by atoms with van der Waals surface area (Å²) in [6.45, 7) is 6.27. The second-order valence-corrected chi connectivity index (χ2v) is 9.80. The first kappa shape index (κ1) is 21.0. The van der Waals surface area contributed by atoms with Crippen LogP contribution >= 0.6 is 0 Å². The molecule has 9 nitrogen and oxygen atoms in total. The van der Waals surface area contributed by atoms with Crippen molar-refractivity contribution in [1.29, 1.82) is 0 Å². The molecule has 4 aliphatic rings. The fourth-order valence-electron chi connectivity index (χ4n) is 6.71. The van der Waals surface area contributed by atoms with Crippen LogP contribution in [0.15, 0.2) is 30.3 Å². The van der Waals surface area contributed by atoms with Gasteiger partial charge in [0.15, 0.2) is 0 Å². The molecule has 3 fully saturated rings. The highest BCUT2D eigenvalue weighted by Gasteiger charge is 2.74. The largest absolute Gasteiger partial charge is 0.324 e. The summed E-state index contributed by atoms with van der Waals surface area (Å²) in [7, 11) is 0. The Morgan fingerprint density at radius 2 is 1.79 bits per heavy atom. The minimum atomic E-state index is -1.25. The predicted molar refractivity (Wildman–Crippen MR) is 123 cm³/mol. The fourth-order valence-corrected chi connectivity index (χ4v) is 6.71. The van der Waals surface area contributed by atoms with Gasteiger partial charge in [-0.3, -0.25) is 29.4 Å². The van der Waals surface area contributed by atoms with Crippen molar-refractivity contribution in [2.24, 2.45) is 11.8 Å². The first-order valence-corrected chi connectivity index (χ1v) is 11.5. The smallest absolute Gasteiger partial charge is 0.271 e. The van der Waals surface area contributed by atoms with Gasteiger partial charge in [-0.25, -0.2) is 4.90 Å². The Labute approximate surface area is 195 Å². The minimum absolute atomic E-state index is 0.189. The number of nitro groups is 1. The zero-order valence-electron chi connectivity index (χ0n) is 19.1. The summed E-state index contributed by atoms with van der Waals surface area (Å²) in [5, 5.41) is 14.4. The van der Waals surface area contributed by atoms with Gasteiger partial charge in [0.1, 0.15) is 5.54 Å². The number of hydrogen-bond acceptors (Lipinski definition) is 6. The molecule has 0 radical (unpaired) electrons. The first-order chi connectivity index (χ1) is 16.2. The maximum Gasteiger partial charge on any atom is 0.271 e. The van der Waals surface area contributed by atoms with Gasteiger partial charge in [0, 0.05) is 29.4 Å². The number of carbonyl (C=O) groups is 3. The van der Waals surface area contributed by atoms with Crippen LogP contribution in [0.4, 0.5) is 17.1 Å². The van der Waals surface area contributed by atoms with Crippen LogP contribution in [0, 0.1) is 42.7 Å². The highest BCUT2D eigenvalue weighted by Crippen LogP contribution is 2.61. The lowest BCUT2D eigenvalue weighted by Crippen LogP contribution is -2.54. The van der Waals surface area contributed by atoms with E-state index >= 15 is 0 Å². The molecule has 0 saturated carbocycles. The number of non-ortho nitro benzene ring substituents is 1. The van der Waals surface area contributed by atoms with Crippen LogP contribution in [-0.4, -0.2) is 40.1 Å². The molecule has 34 heavy (non-hydrogen) atoms. The molecule has 2 aromatic rings. The van der Waals surface area contributed by atoms with Crippen LogP contribution in [0.2, 0.25) is 0 Å². The molecular weight excluding hydrogens is 436 g/mol. The molecule has 9 heteroatoms. The Hall–Kier alpha value is -3.59. The van der Waals surface area contributed by atoms with Crippen molar-refractivity contribution in [2.45, 2.75) is 45.2 Å². The predicted octanol–water partition coefficient (Wildman–Crippen LogP) is 2.95. The van der Waals surface area contributed by atoms with Gasteiger partial charge in [0.2, 0.25) is 17.7 Å². The minimum Gasteiger partial charge on any atom is -0.324 e. The van der Waals surface area contributed by atoms with E-state index in [2.05, 4.69) is 10.2 Å². The highest BCUT2D eigenvalue weighted by atomic mass is 16.6. The molecule has 4 aliphatic heterocycles. The van der Waals surface area contributed by atoms with Gasteiger partial charge >= 0.3 is 0 Å². The number of aryl methyl sites for hydroxylation is 2. The summed E-state index contributed by atoms with van der Waals surface area (Å²) in [5.74, 6) is -2.67. The van der Waals surface area contributed by atoms with E-state index in [-0.39, 0.29) is 29.2 Å². The van der Waals surface area contributed by atoms with E-state index in [1.54, 1.807) is 13.0 Å². The van der Waals surface area contributed by atoms with Crippen molar-refractivity contribution >= 4 is 34.8 Å². The normalized spacial score (nSPS) is 29.6. The molecule has 1 spiro atoms. The van der Waals surface area contributed by atoms with Crippen molar-refractivity contribution in [2.75, 3.05) is 16.8 Å². The molecule has 3 amide bonds. The molecule has 0 aromatic heterocycles. The van der Waals surface area contributed by atoms with Crippen LogP contribution in [-0.2, 0) is 19.9 Å². The van der Waals surface area contributed by atoms with E-state index in [1.807, 2.05) is 26.0 Å². The Bertz CT molecular complexity index is 1340. The lowest BCUT2D eigenvalue weighted by atomic mass is 9.75. The Morgan fingerprint density at radius 1 is 1.06 bits per heavy atom. The number of nitrogens with zero attached hydrogens (tertiary/aromatic N) is 3. The quantitative estimate of drug-likeness (QED) is 0.419. The number of nitrogens with one attached hydrogen (secondary N) is 1. The number of benzene rings is 2. The van der Waals surface area contributed by atoms with Gasteiger partial charge in [0.05, 0.1) is 22.4 Å². The summed E-state index contributed by atoms with van der Waals surface area (Å²) in [6.07, 6.45) is 1.55. The van der Waals surface area contributed by atoms with Crippen LogP contribution in [0.1, 0.15) is 35.1 Å². The first-order valence-electron chi connectivity index (χ1n) is 11.5. The summed E-state index contributed by atoms with van der Waals surface area (Å²) in [5.41, 5.74) is 2.82. The van der Waals surface area contributed by atoms with E-state index in [4.69, 9.17) is 0 Å². The summed E-state index contributed by atoms with van der Waals surface area (Å²) < 4.78 is 0. The molecule has 4 atom stereocenters. The third kappa shape index (κ3) is 2.30. The maximum atomic E-state index is 14.1. The van der Waals surface area contributed by atoms with Gasteiger partial charge in [-0.15, -0.1) is 0 Å². The second kappa shape index (κ2) is 6.73. The highest BCUT2D eigenvalue weighted by molar-refractivity contribution is 6.26. The van der Waals surface area contributed by atoms with Gasteiger partial charge in [0.25, 0.3) is 5.69 Å². The van der Waals surface area contributed by atoms with E-state index in [0.29, 0.717) is 12.1 Å². The second-order valence-electron chi connectivity index (χ2n) is 9.80. The van der Waals surface area contributed by atoms with Gasteiger partial charge in [-0.05, 0) is 56.8 Å². The molecule has 0 unspecified atom stereocenters. The molecule has 174 valence electrons.